The van der Waals surface area contributed by atoms with Crippen molar-refractivity contribution in [3.63, 3.8) is 0 Å². The van der Waals surface area contributed by atoms with E-state index in [9.17, 15) is 4.79 Å². The molecule has 2 aliphatic rings. The van der Waals surface area contributed by atoms with E-state index in [0.29, 0.717) is 0 Å². The second-order valence-corrected chi connectivity index (χ2v) is 4.44. The summed E-state index contributed by atoms with van der Waals surface area (Å²) in [7, 11) is 0. The zero-order chi connectivity index (χ0) is 9.26. The van der Waals surface area contributed by atoms with Gasteiger partial charge in [-0.15, -0.1) is 0 Å². The minimum absolute atomic E-state index is 0.290. The van der Waals surface area contributed by atoms with Gasteiger partial charge < -0.3 is 4.90 Å². The number of carbonyl (C=O) groups is 1. The molecular formula is C10H12BrNO. The van der Waals surface area contributed by atoms with Crippen molar-refractivity contribution in [1.82, 2.24) is 4.90 Å². The molecule has 0 atom stereocenters. The van der Waals surface area contributed by atoms with Gasteiger partial charge in [0.2, 0.25) is 5.91 Å². The van der Waals surface area contributed by atoms with Gasteiger partial charge in [0.1, 0.15) is 0 Å². The van der Waals surface area contributed by atoms with Gasteiger partial charge in [0, 0.05) is 18.7 Å². The van der Waals surface area contributed by atoms with Gasteiger partial charge in [-0.3, -0.25) is 4.79 Å². The molecule has 1 fully saturated rings. The summed E-state index contributed by atoms with van der Waals surface area (Å²) in [6, 6.07) is 0. The summed E-state index contributed by atoms with van der Waals surface area (Å²) < 4.78 is 1.22. The van der Waals surface area contributed by atoms with Gasteiger partial charge in [-0.05, 0) is 29.8 Å². The number of hydrogen-bond donors (Lipinski definition) is 0. The molecule has 0 aromatic rings. The van der Waals surface area contributed by atoms with Crippen LogP contribution < -0.4 is 0 Å². The average molecular weight is 242 g/mol. The highest BCUT2D eigenvalue weighted by Crippen LogP contribution is 2.27. The van der Waals surface area contributed by atoms with Gasteiger partial charge in [-0.2, -0.15) is 0 Å². The van der Waals surface area contributed by atoms with Gasteiger partial charge in [-0.1, -0.05) is 22.0 Å². The van der Waals surface area contributed by atoms with Gasteiger partial charge in [0.05, 0.1) is 0 Å². The Kier molecular flexibility index (Phi) is 2.54. The number of hydrogen-bond acceptors (Lipinski definition) is 1. The molecule has 1 amide bonds. The summed E-state index contributed by atoms with van der Waals surface area (Å²) in [4.78, 5) is 13.3. The molecule has 0 N–H and O–H groups in total. The minimum Gasteiger partial charge on any atom is -0.316 e. The molecule has 0 unspecified atom stereocenters. The van der Waals surface area contributed by atoms with Crippen LogP contribution in [0.1, 0.15) is 25.7 Å². The van der Waals surface area contributed by atoms with E-state index in [1.54, 1.807) is 0 Å². The highest BCUT2D eigenvalue weighted by Gasteiger charge is 2.23. The lowest BCUT2D eigenvalue weighted by molar-refractivity contribution is -0.126. The first-order chi connectivity index (χ1) is 6.27. The summed E-state index contributed by atoms with van der Waals surface area (Å²) in [5.41, 5.74) is 1.19. The zero-order valence-corrected chi connectivity index (χ0v) is 9.01. The van der Waals surface area contributed by atoms with Crippen molar-refractivity contribution in [2.45, 2.75) is 25.7 Å². The van der Waals surface area contributed by atoms with Crippen molar-refractivity contribution in [1.29, 1.82) is 0 Å². The topological polar surface area (TPSA) is 20.3 Å². The van der Waals surface area contributed by atoms with Crippen molar-refractivity contribution < 1.29 is 4.79 Å². The van der Waals surface area contributed by atoms with Gasteiger partial charge in [0.15, 0.2) is 0 Å². The Morgan fingerprint density at radius 3 is 2.62 bits per heavy atom. The fourth-order valence-electron chi connectivity index (χ4n) is 1.78. The number of likely N-dealkylation sites (tertiary alicyclic amines) is 1. The number of halogens is 1. The fourth-order valence-corrected chi connectivity index (χ4v) is 2.11. The van der Waals surface area contributed by atoms with Crippen LogP contribution in [0.4, 0.5) is 0 Å². The molecule has 2 nitrogen and oxygen atoms in total. The normalized spacial score (nSPS) is 23.2. The van der Waals surface area contributed by atoms with Crippen LogP contribution in [0.3, 0.4) is 0 Å². The van der Waals surface area contributed by atoms with E-state index < -0.39 is 0 Å². The smallest absolute Gasteiger partial charge is 0.226 e. The van der Waals surface area contributed by atoms with Crippen LogP contribution in [-0.2, 0) is 4.79 Å². The van der Waals surface area contributed by atoms with Crippen molar-refractivity contribution in [2.75, 3.05) is 6.54 Å². The van der Waals surface area contributed by atoms with Gasteiger partial charge in [0.25, 0.3) is 0 Å². The second kappa shape index (κ2) is 3.66. The summed E-state index contributed by atoms with van der Waals surface area (Å²) in [5, 5.41) is 0. The molecule has 70 valence electrons. The third-order valence-electron chi connectivity index (χ3n) is 2.50. The van der Waals surface area contributed by atoms with Crippen LogP contribution in [-0.4, -0.2) is 17.4 Å². The Morgan fingerprint density at radius 1 is 1.23 bits per heavy atom. The first-order valence-corrected chi connectivity index (χ1v) is 5.42. The maximum Gasteiger partial charge on any atom is 0.226 e. The standard InChI is InChI=1S/C10H12BrNO/c11-8-3-5-9(6-4-8)12-7-1-2-10(12)13/h3,5H,1-2,4,6-7H2. The quantitative estimate of drug-likeness (QED) is 0.692. The van der Waals surface area contributed by atoms with E-state index in [1.165, 1.54) is 10.2 Å². The van der Waals surface area contributed by atoms with Crippen LogP contribution in [0.2, 0.25) is 0 Å². The number of nitrogens with zero attached hydrogens (tertiary/aromatic N) is 1. The molecular weight excluding hydrogens is 230 g/mol. The SMILES string of the molecule is O=C1CCCN1C1=CC=C(Br)CC1. The Bertz CT molecular complexity index is 293. The van der Waals surface area contributed by atoms with E-state index in [0.717, 1.165) is 32.2 Å². The van der Waals surface area contributed by atoms with E-state index in [4.69, 9.17) is 0 Å². The Balaban J connectivity index is 2.13. The predicted octanol–water partition coefficient (Wildman–Crippen LogP) is 2.57. The first-order valence-electron chi connectivity index (χ1n) is 4.63. The average Bonchev–Trinajstić information content (AvgIpc) is 2.53. The van der Waals surface area contributed by atoms with Crippen molar-refractivity contribution in [2.24, 2.45) is 0 Å². The lowest BCUT2D eigenvalue weighted by Gasteiger charge is -2.21. The second-order valence-electron chi connectivity index (χ2n) is 3.42. The van der Waals surface area contributed by atoms with E-state index in [2.05, 4.69) is 22.0 Å². The number of rotatable bonds is 1. The maximum absolute atomic E-state index is 11.4. The molecule has 0 aromatic carbocycles. The van der Waals surface area contributed by atoms with Crippen LogP contribution in [0.25, 0.3) is 0 Å². The molecule has 1 saturated heterocycles. The Labute approximate surface area is 86.4 Å². The number of amides is 1. The number of carbonyl (C=O) groups excluding carboxylic acids is 1. The summed E-state index contributed by atoms with van der Waals surface area (Å²) >= 11 is 3.45. The summed E-state index contributed by atoms with van der Waals surface area (Å²) in [5.74, 6) is 0.290. The summed E-state index contributed by atoms with van der Waals surface area (Å²) in [6.45, 7) is 0.913. The lowest BCUT2D eigenvalue weighted by Crippen LogP contribution is -2.24. The van der Waals surface area contributed by atoms with Crippen LogP contribution >= 0.6 is 15.9 Å². The molecule has 0 radical (unpaired) electrons. The van der Waals surface area contributed by atoms with Crippen LogP contribution in [0.15, 0.2) is 22.3 Å². The molecule has 0 bridgehead atoms. The van der Waals surface area contributed by atoms with E-state index in [1.807, 2.05) is 11.0 Å². The van der Waals surface area contributed by atoms with E-state index >= 15 is 0 Å². The predicted molar refractivity (Wildman–Crippen MR) is 55.3 cm³/mol. The number of allylic oxidation sites excluding steroid dienone is 4. The Morgan fingerprint density at radius 2 is 2.08 bits per heavy atom. The lowest BCUT2D eigenvalue weighted by atomic mass is 10.1. The highest BCUT2D eigenvalue weighted by molar-refractivity contribution is 9.11. The maximum atomic E-state index is 11.4. The molecule has 1 aliphatic carbocycles. The molecule has 0 spiro atoms. The molecule has 0 saturated carbocycles. The first kappa shape index (κ1) is 9.00. The molecule has 0 aromatic heterocycles. The third-order valence-corrected chi connectivity index (χ3v) is 3.16. The van der Waals surface area contributed by atoms with Crippen LogP contribution in [0, 0.1) is 0 Å². The third kappa shape index (κ3) is 1.85. The largest absolute Gasteiger partial charge is 0.316 e. The van der Waals surface area contributed by atoms with Crippen molar-refractivity contribution in [3.8, 4) is 0 Å². The van der Waals surface area contributed by atoms with Gasteiger partial charge in [-0.25, -0.2) is 0 Å². The molecule has 1 heterocycles. The Hall–Kier alpha value is -0.570. The molecule has 13 heavy (non-hydrogen) atoms. The van der Waals surface area contributed by atoms with Crippen molar-refractivity contribution >= 4 is 21.8 Å². The molecule has 2 rings (SSSR count). The molecule has 3 heteroatoms. The monoisotopic (exact) mass is 241 g/mol. The summed E-state index contributed by atoms with van der Waals surface area (Å²) in [6.07, 6.45) is 7.85. The minimum atomic E-state index is 0.290. The van der Waals surface area contributed by atoms with Gasteiger partial charge >= 0.3 is 0 Å². The zero-order valence-electron chi connectivity index (χ0n) is 7.42. The van der Waals surface area contributed by atoms with Crippen molar-refractivity contribution in [3.05, 3.63) is 22.3 Å². The van der Waals surface area contributed by atoms with Crippen LogP contribution in [0.5, 0.6) is 0 Å². The van der Waals surface area contributed by atoms with E-state index in [-0.39, 0.29) is 5.91 Å². The molecule has 1 aliphatic heterocycles. The highest BCUT2D eigenvalue weighted by atomic mass is 79.9. The fraction of sp³-hybridized carbons (Fsp3) is 0.500.